The molecule has 0 saturated carbocycles. The minimum atomic E-state index is 0.269. The first-order valence-corrected chi connectivity index (χ1v) is 12.1. The van der Waals surface area contributed by atoms with Crippen LogP contribution in [0.3, 0.4) is 0 Å². The summed E-state index contributed by atoms with van der Waals surface area (Å²) in [5.74, 6) is 1.13. The van der Waals surface area contributed by atoms with E-state index >= 15 is 0 Å². The van der Waals surface area contributed by atoms with Crippen LogP contribution < -0.4 is 4.74 Å². The molecule has 1 amide bonds. The van der Waals surface area contributed by atoms with Crippen molar-refractivity contribution in [3.63, 3.8) is 0 Å². The average Bonchev–Trinajstić information content (AvgIpc) is 3.37. The van der Waals surface area contributed by atoms with E-state index in [1.54, 1.807) is 0 Å². The normalized spacial score (nSPS) is 18.2. The lowest BCUT2D eigenvalue weighted by Crippen LogP contribution is -2.41. The summed E-state index contributed by atoms with van der Waals surface area (Å²) < 4.78 is 5.94. The predicted octanol–water partition coefficient (Wildman–Crippen LogP) is 4.86. The molecule has 2 aliphatic rings. The molecule has 170 valence electrons. The first-order valence-electron chi connectivity index (χ1n) is 12.1. The van der Waals surface area contributed by atoms with Gasteiger partial charge in [-0.1, -0.05) is 66.7 Å². The Morgan fingerprint density at radius 2 is 1.67 bits per heavy atom. The van der Waals surface area contributed by atoms with Crippen LogP contribution in [0.2, 0.25) is 0 Å². The van der Waals surface area contributed by atoms with Gasteiger partial charge in [-0.3, -0.25) is 9.69 Å². The van der Waals surface area contributed by atoms with E-state index in [0.717, 1.165) is 62.3 Å². The Hall–Kier alpha value is -3.11. The van der Waals surface area contributed by atoms with Crippen LogP contribution in [0.25, 0.3) is 0 Å². The van der Waals surface area contributed by atoms with Crippen LogP contribution in [0.5, 0.6) is 5.75 Å². The number of hydrogen-bond acceptors (Lipinski definition) is 3. The third kappa shape index (κ3) is 5.45. The molecule has 0 aromatic heterocycles. The molecule has 0 spiro atoms. The molecule has 2 aliphatic heterocycles. The van der Waals surface area contributed by atoms with E-state index in [9.17, 15) is 4.79 Å². The van der Waals surface area contributed by atoms with E-state index in [-0.39, 0.29) is 5.91 Å². The van der Waals surface area contributed by atoms with Crippen molar-refractivity contribution in [3.8, 4) is 5.75 Å². The zero-order valence-corrected chi connectivity index (χ0v) is 19.2. The van der Waals surface area contributed by atoms with Crippen molar-refractivity contribution in [1.82, 2.24) is 9.80 Å². The largest absolute Gasteiger partial charge is 0.489 e. The summed E-state index contributed by atoms with van der Waals surface area (Å²) in [6.07, 6.45) is 3.50. The maximum Gasteiger partial charge on any atom is 0.222 e. The quantitative estimate of drug-likeness (QED) is 0.526. The van der Waals surface area contributed by atoms with Crippen LogP contribution >= 0.6 is 0 Å². The number of carbonyl (C=O) groups is 1. The molecule has 0 unspecified atom stereocenters. The van der Waals surface area contributed by atoms with Gasteiger partial charge in [0.05, 0.1) is 0 Å². The molecule has 0 radical (unpaired) electrons. The van der Waals surface area contributed by atoms with Crippen LogP contribution in [0, 0.1) is 0 Å². The molecule has 1 atom stereocenters. The number of ether oxygens (including phenoxy) is 1. The first-order chi connectivity index (χ1) is 16.2. The van der Waals surface area contributed by atoms with Crippen LogP contribution in [0.4, 0.5) is 0 Å². The lowest BCUT2D eigenvalue weighted by molar-refractivity contribution is -0.130. The number of benzene rings is 3. The smallest absolute Gasteiger partial charge is 0.222 e. The molecular formula is C29H32N2O2. The van der Waals surface area contributed by atoms with Gasteiger partial charge in [-0.25, -0.2) is 0 Å². The lowest BCUT2D eigenvalue weighted by Gasteiger charge is -2.33. The number of fused-ring (bicyclic) bond motifs is 1. The zero-order chi connectivity index (χ0) is 22.5. The van der Waals surface area contributed by atoms with E-state index in [1.165, 1.54) is 11.1 Å². The molecule has 5 rings (SSSR count). The van der Waals surface area contributed by atoms with Gasteiger partial charge < -0.3 is 9.64 Å². The Kier molecular flexibility index (Phi) is 6.73. The maximum absolute atomic E-state index is 12.9. The summed E-state index contributed by atoms with van der Waals surface area (Å²) in [6.45, 7) is 4.40. The van der Waals surface area contributed by atoms with Crippen LogP contribution in [-0.4, -0.2) is 41.4 Å². The summed E-state index contributed by atoms with van der Waals surface area (Å²) in [4.78, 5) is 17.6. The number of nitrogens with zero attached hydrogens (tertiary/aromatic N) is 2. The van der Waals surface area contributed by atoms with Gasteiger partial charge in [0.15, 0.2) is 0 Å². The second kappa shape index (κ2) is 10.2. The third-order valence-corrected chi connectivity index (χ3v) is 6.97. The number of hydrogen-bond donors (Lipinski definition) is 0. The van der Waals surface area contributed by atoms with Crippen molar-refractivity contribution in [1.29, 1.82) is 0 Å². The Balaban J connectivity index is 1.10. The summed E-state index contributed by atoms with van der Waals surface area (Å²) in [5, 5.41) is 0. The van der Waals surface area contributed by atoms with Crippen LogP contribution in [0.15, 0.2) is 78.9 Å². The van der Waals surface area contributed by atoms with Gasteiger partial charge in [-0.05, 0) is 53.6 Å². The Morgan fingerprint density at radius 3 is 2.55 bits per heavy atom. The van der Waals surface area contributed by atoms with Crippen molar-refractivity contribution in [2.75, 3.05) is 19.6 Å². The van der Waals surface area contributed by atoms with Crippen molar-refractivity contribution < 1.29 is 9.53 Å². The van der Waals surface area contributed by atoms with E-state index in [0.29, 0.717) is 19.1 Å². The number of aryl methyl sites for hydroxylation is 1. The number of rotatable bonds is 7. The number of carbonyl (C=O) groups excluding carboxylic acids is 1. The average molecular weight is 441 g/mol. The summed E-state index contributed by atoms with van der Waals surface area (Å²) >= 11 is 0. The summed E-state index contributed by atoms with van der Waals surface area (Å²) in [7, 11) is 0. The van der Waals surface area contributed by atoms with E-state index < -0.39 is 0 Å². The molecule has 0 bridgehead atoms. The first kappa shape index (κ1) is 21.7. The minimum absolute atomic E-state index is 0.269. The number of likely N-dealkylation sites (tertiary alicyclic amines) is 1. The highest BCUT2D eigenvalue weighted by atomic mass is 16.5. The molecule has 33 heavy (non-hydrogen) atoms. The van der Waals surface area contributed by atoms with Crippen molar-refractivity contribution in [2.45, 2.75) is 44.9 Å². The maximum atomic E-state index is 12.9. The molecule has 4 heteroatoms. The molecule has 1 fully saturated rings. The monoisotopic (exact) mass is 440 g/mol. The van der Waals surface area contributed by atoms with Crippen LogP contribution in [0.1, 0.15) is 35.1 Å². The standard InChI is InChI=1S/C29H32N2O2/c32-29(14-13-23-9-6-12-28(19-23)33-22-24-7-2-1-3-8-24)31-18-16-27(21-31)30-17-15-25-10-4-5-11-26(25)20-30/h1-12,19,27H,13-18,20-22H2/t27-/m1/s1. The SMILES string of the molecule is O=C(CCc1cccc(OCc2ccccc2)c1)N1CC[C@@H](N2CCc3ccccc3C2)C1. The summed E-state index contributed by atoms with van der Waals surface area (Å²) in [6, 6.07) is 27.6. The van der Waals surface area contributed by atoms with Gasteiger partial charge in [0.1, 0.15) is 12.4 Å². The molecule has 3 aromatic carbocycles. The molecule has 3 aromatic rings. The Labute approximate surface area is 196 Å². The van der Waals surface area contributed by atoms with E-state index in [2.05, 4.69) is 58.3 Å². The molecule has 0 aliphatic carbocycles. The molecular weight excluding hydrogens is 408 g/mol. The van der Waals surface area contributed by atoms with Crippen molar-refractivity contribution in [3.05, 3.63) is 101 Å². The predicted molar refractivity (Wildman–Crippen MR) is 131 cm³/mol. The molecule has 0 N–H and O–H groups in total. The van der Waals surface area contributed by atoms with Gasteiger partial charge >= 0.3 is 0 Å². The molecule has 4 nitrogen and oxygen atoms in total. The minimum Gasteiger partial charge on any atom is -0.489 e. The van der Waals surface area contributed by atoms with Gasteiger partial charge in [0, 0.05) is 38.6 Å². The van der Waals surface area contributed by atoms with Gasteiger partial charge in [-0.15, -0.1) is 0 Å². The summed E-state index contributed by atoms with van der Waals surface area (Å²) in [5.41, 5.74) is 5.23. The topological polar surface area (TPSA) is 32.8 Å². The van der Waals surface area contributed by atoms with Crippen LogP contribution in [-0.2, 0) is 30.8 Å². The molecule has 1 saturated heterocycles. The van der Waals surface area contributed by atoms with E-state index in [1.807, 2.05) is 30.3 Å². The highest BCUT2D eigenvalue weighted by Crippen LogP contribution is 2.25. The fourth-order valence-electron chi connectivity index (χ4n) is 5.04. The van der Waals surface area contributed by atoms with Gasteiger partial charge in [0.25, 0.3) is 0 Å². The van der Waals surface area contributed by atoms with Crippen molar-refractivity contribution in [2.24, 2.45) is 0 Å². The highest BCUT2D eigenvalue weighted by Gasteiger charge is 2.31. The Bertz CT molecular complexity index is 1080. The fourth-order valence-corrected chi connectivity index (χ4v) is 5.04. The highest BCUT2D eigenvalue weighted by molar-refractivity contribution is 5.76. The number of amides is 1. The van der Waals surface area contributed by atoms with E-state index in [4.69, 9.17) is 4.74 Å². The fraction of sp³-hybridized carbons (Fsp3) is 0.345. The lowest BCUT2D eigenvalue weighted by atomic mass is 9.98. The second-order valence-corrected chi connectivity index (χ2v) is 9.19. The van der Waals surface area contributed by atoms with Crippen molar-refractivity contribution >= 4 is 5.91 Å². The Morgan fingerprint density at radius 1 is 0.879 bits per heavy atom. The zero-order valence-electron chi connectivity index (χ0n) is 19.2. The molecule has 2 heterocycles. The van der Waals surface area contributed by atoms with Gasteiger partial charge in [0.2, 0.25) is 5.91 Å². The second-order valence-electron chi connectivity index (χ2n) is 9.19. The third-order valence-electron chi connectivity index (χ3n) is 6.97. The van der Waals surface area contributed by atoms with Gasteiger partial charge in [-0.2, -0.15) is 0 Å².